The topological polar surface area (TPSA) is 45.5 Å². The van der Waals surface area contributed by atoms with Crippen LogP contribution < -0.4 is 0 Å². The second-order valence-corrected chi connectivity index (χ2v) is 4.34. The van der Waals surface area contributed by atoms with Gasteiger partial charge in [-0.2, -0.15) is 0 Å². The van der Waals surface area contributed by atoms with Gasteiger partial charge in [0.25, 0.3) is 0 Å². The van der Waals surface area contributed by atoms with Gasteiger partial charge in [0.2, 0.25) is 0 Å². The summed E-state index contributed by atoms with van der Waals surface area (Å²) in [6.45, 7) is 0. The molecule has 0 bridgehead atoms. The lowest BCUT2D eigenvalue weighted by atomic mass is 10.1. The van der Waals surface area contributed by atoms with Gasteiger partial charge in [-0.1, -0.05) is 35.5 Å². The highest BCUT2D eigenvalue weighted by Gasteiger charge is 2.00. The van der Waals surface area contributed by atoms with E-state index < -0.39 is 0 Å². The Balaban J connectivity index is 1.94. The van der Waals surface area contributed by atoms with Crippen LogP contribution in [0.15, 0.2) is 40.9 Å². The summed E-state index contributed by atoms with van der Waals surface area (Å²) in [7, 11) is 0. The molecular weight excluding hydrogens is 220 g/mol. The lowest BCUT2D eigenvalue weighted by molar-refractivity contribution is 0.321. The minimum Gasteiger partial charge on any atom is -0.411 e. The summed E-state index contributed by atoms with van der Waals surface area (Å²) < 4.78 is 0. The number of thiazole rings is 1. The molecule has 1 N–H and O–H groups in total. The van der Waals surface area contributed by atoms with Crippen molar-refractivity contribution in [2.24, 2.45) is 5.16 Å². The van der Waals surface area contributed by atoms with Gasteiger partial charge in [0.05, 0.1) is 16.9 Å². The van der Waals surface area contributed by atoms with Crippen LogP contribution in [0.5, 0.6) is 0 Å². The molecule has 0 aliphatic rings. The van der Waals surface area contributed by atoms with Crippen molar-refractivity contribution in [2.45, 2.75) is 12.8 Å². The Labute approximate surface area is 98.1 Å². The van der Waals surface area contributed by atoms with E-state index in [1.165, 1.54) is 11.8 Å². The second kappa shape index (κ2) is 5.42. The van der Waals surface area contributed by atoms with Crippen LogP contribution in [0.2, 0.25) is 0 Å². The quantitative estimate of drug-likeness (QED) is 0.500. The molecule has 82 valence electrons. The van der Waals surface area contributed by atoms with Crippen LogP contribution in [0.1, 0.15) is 16.3 Å². The lowest BCUT2D eigenvalue weighted by Crippen LogP contribution is -1.91. The van der Waals surface area contributed by atoms with Gasteiger partial charge < -0.3 is 5.21 Å². The van der Waals surface area contributed by atoms with Gasteiger partial charge in [-0.05, 0) is 12.0 Å². The zero-order chi connectivity index (χ0) is 11.2. The number of benzene rings is 1. The lowest BCUT2D eigenvalue weighted by Gasteiger charge is -1.97. The van der Waals surface area contributed by atoms with Crippen molar-refractivity contribution in [2.75, 3.05) is 0 Å². The Hall–Kier alpha value is -1.68. The van der Waals surface area contributed by atoms with Crippen molar-refractivity contribution in [3.05, 3.63) is 52.0 Å². The number of hydrogen-bond acceptors (Lipinski definition) is 4. The zero-order valence-electron chi connectivity index (χ0n) is 8.71. The summed E-state index contributed by atoms with van der Waals surface area (Å²) in [5.41, 5.74) is 2.03. The predicted octanol–water partition coefficient (Wildman–Crippen LogP) is 2.74. The fraction of sp³-hybridized carbons (Fsp3) is 0.167. The summed E-state index contributed by atoms with van der Waals surface area (Å²) in [6, 6.07) is 10.3. The molecule has 0 unspecified atom stereocenters. The van der Waals surface area contributed by atoms with E-state index in [0.717, 1.165) is 23.5 Å². The van der Waals surface area contributed by atoms with E-state index in [0.29, 0.717) is 0 Å². The van der Waals surface area contributed by atoms with Gasteiger partial charge in [0.15, 0.2) is 0 Å². The first-order valence-electron chi connectivity index (χ1n) is 5.04. The molecule has 0 aliphatic heterocycles. The van der Waals surface area contributed by atoms with E-state index >= 15 is 0 Å². The van der Waals surface area contributed by atoms with Crippen molar-refractivity contribution in [3.8, 4) is 0 Å². The first-order valence-corrected chi connectivity index (χ1v) is 5.92. The van der Waals surface area contributed by atoms with Crippen molar-refractivity contribution < 1.29 is 5.21 Å². The van der Waals surface area contributed by atoms with Gasteiger partial charge in [-0.3, -0.25) is 0 Å². The van der Waals surface area contributed by atoms with E-state index in [-0.39, 0.29) is 0 Å². The molecule has 1 aromatic carbocycles. The molecule has 0 radical (unpaired) electrons. The molecule has 0 saturated carbocycles. The number of aryl methyl sites for hydroxylation is 2. The maximum Gasteiger partial charge on any atom is 0.0958 e. The van der Waals surface area contributed by atoms with Crippen molar-refractivity contribution in [1.29, 1.82) is 0 Å². The summed E-state index contributed by atoms with van der Waals surface area (Å²) in [5.74, 6) is 0. The maximum atomic E-state index is 8.37. The summed E-state index contributed by atoms with van der Waals surface area (Å²) >= 11 is 1.60. The van der Waals surface area contributed by atoms with Crippen molar-refractivity contribution in [3.63, 3.8) is 0 Å². The number of aromatic nitrogens is 1. The van der Waals surface area contributed by atoms with Gasteiger partial charge in [-0.15, -0.1) is 11.3 Å². The molecule has 16 heavy (non-hydrogen) atoms. The Morgan fingerprint density at radius 2 is 2.06 bits per heavy atom. The smallest absolute Gasteiger partial charge is 0.0958 e. The molecule has 0 saturated heterocycles. The number of hydrogen-bond donors (Lipinski definition) is 1. The van der Waals surface area contributed by atoms with Crippen LogP contribution in [0.4, 0.5) is 0 Å². The molecule has 1 heterocycles. The Morgan fingerprint density at radius 3 is 2.81 bits per heavy atom. The molecule has 0 spiro atoms. The highest BCUT2D eigenvalue weighted by Crippen LogP contribution is 2.12. The van der Waals surface area contributed by atoms with Crippen molar-refractivity contribution in [1.82, 2.24) is 4.98 Å². The van der Waals surface area contributed by atoms with Crippen LogP contribution in [0.3, 0.4) is 0 Å². The summed E-state index contributed by atoms with van der Waals surface area (Å²) in [4.78, 5) is 4.32. The molecule has 0 amide bonds. The average molecular weight is 232 g/mol. The largest absolute Gasteiger partial charge is 0.411 e. The fourth-order valence-corrected chi connectivity index (χ4v) is 2.20. The van der Waals surface area contributed by atoms with Crippen LogP contribution in [0, 0.1) is 0 Å². The molecule has 0 aliphatic carbocycles. The van der Waals surface area contributed by atoms with Gasteiger partial charge in [0.1, 0.15) is 0 Å². The Bertz CT molecular complexity index is 465. The number of oxime groups is 1. The number of rotatable bonds is 4. The minimum atomic E-state index is 0.718. The second-order valence-electron chi connectivity index (χ2n) is 3.40. The highest BCUT2D eigenvalue weighted by molar-refractivity contribution is 7.09. The average Bonchev–Trinajstić information content (AvgIpc) is 2.76. The Morgan fingerprint density at radius 1 is 1.25 bits per heavy atom. The van der Waals surface area contributed by atoms with Gasteiger partial charge >= 0.3 is 0 Å². The minimum absolute atomic E-state index is 0.718. The third-order valence-corrected chi connectivity index (χ3v) is 3.16. The van der Waals surface area contributed by atoms with Crippen LogP contribution in [-0.2, 0) is 12.8 Å². The molecule has 2 aromatic rings. The molecule has 3 nitrogen and oxygen atoms in total. The van der Waals surface area contributed by atoms with E-state index in [1.54, 1.807) is 11.3 Å². The fourth-order valence-electron chi connectivity index (χ4n) is 1.45. The Kier molecular flexibility index (Phi) is 3.66. The first kappa shape index (κ1) is 10.8. The number of nitrogens with zero attached hydrogens (tertiary/aromatic N) is 2. The van der Waals surface area contributed by atoms with Crippen LogP contribution in [0.25, 0.3) is 0 Å². The highest BCUT2D eigenvalue weighted by atomic mass is 32.1. The third kappa shape index (κ3) is 2.90. The van der Waals surface area contributed by atoms with Crippen molar-refractivity contribution >= 4 is 17.6 Å². The SMILES string of the molecule is O/N=C\c1csc(CCc2ccccc2)n1. The van der Waals surface area contributed by atoms with E-state index in [9.17, 15) is 0 Å². The first-order chi connectivity index (χ1) is 7.88. The molecule has 0 fully saturated rings. The van der Waals surface area contributed by atoms with Crippen LogP contribution in [-0.4, -0.2) is 16.4 Å². The molecule has 1 aromatic heterocycles. The standard InChI is InChI=1S/C12H12N2OS/c15-13-8-11-9-16-12(14-11)7-6-10-4-2-1-3-5-10/h1-5,8-9,15H,6-7H2/b13-8-. The molecule has 4 heteroatoms. The monoisotopic (exact) mass is 232 g/mol. The summed E-state index contributed by atoms with van der Waals surface area (Å²) in [5, 5.41) is 14.3. The zero-order valence-corrected chi connectivity index (χ0v) is 9.52. The normalized spacial score (nSPS) is 11.0. The van der Waals surface area contributed by atoms with Crippen LogP contribution >= 0.6 is 11.3 Å². The summed E-state index contributed by atoms with van der Waals surface area (Å²) in [6.07, 6.45) is 3.26. The van der Waals surface area contributed by atoms with Gasteiger partial charge in [0, 0.05) is 11.8 Å². The van der Waals surface area contributed by atoms with E-state index in [4.69, 9.17) is 5.21 Å². The maximum absolute atomic E-state index is 8.37. The van der Waals surface area contributed by atoms with Gasteiger partial charge in [-0.25, -0.2) is 4.98 Å². The van der Waals surface area contributed by atoms with E-state index in [2.05, 4.69) is 22.3 Å². The van der Waals surface area contributed by atoms with E-state index in [1.807, 2.05) is 23.6 Å². The predicted molar refractivity (Wildman–Crippen MR) is 65.3 cm³/mol. The molecule has 0 atom stereocenters. The molecule has 2 rings (SSSR count). The molecular formula is C12H12N2OS. The third-order valence-electron chi connectivity index (χ3n) is 2.23.